The lowest BCUT2D eigenvalue weighted by atomic mass is 9.90. The second-order valence-corrected chi connectivity index (χ2v) is 4.21. The molecule has 0 fully saturated rings. The van der Waals surface area contributed by atoms with E-state index < -0.39 is 0 Å². The fraction of sp³-hybridized carbons (Fsp3) is 0.176. The number of hydrogen-bond acceptors (Lipinski definition) is 0. The molecule has 0 nitrogen and oxygen atoms in total. The number of rotatable bonds is 4. The predicted molar refractivity (Wildman–Crippen MR) is 72.8 cm³/mol. The van der Waals surface area contributed by atoms with Crippen molar-refractivity contribution in [3.8, 4) is 12.3 Å². The molecular weight excluding hydrogens is 204 g/mol. The summed E-state index contributed by atoms with van der Waals surface area (Å²) in [5, 5.41) is 0. The Morgan fingerprint density at radius 1 is 0.882 bits per heavy atom. The average molecular weight is 220 g/mol. The molecule has 2 rings (SSSR count). The summed E-state index contributed by atoms with van der Waals surface area (Å²) in [6.45, 7) is 0. The van der Waals surface area contributed by atoms with Crippen molar-refractivity contribution in [3.05, 3.63) is 71.8 Å². The molecule has 2 aromatic rings. The Kier molecular flexibility index (Phi) is 4.00. The standard InChI is InChI=1S/C17H16/c1-2-9-17(16-12-7-4-8-13-16)14-15-10-5-3-6-11-15/h1,3-8,10-13,17H,9,14H2. The van der Waals surface area contributed by atoms with E-state index in [4.69, 9.17) is 6.42 Å². The van der Waals surface area contributed by atoms with Crippen LogP contribution in [0.2, 0.25) is 0 Å². The molecule has 0 bridgehead atoms. The molecule has 0 saturated carbocycles. The Morgan fingerprint density at radius 3 is 2.06 bits per heavy atom. The van der Waals surface area contributed by atoms with Crippen molar-refractivity contribution in [2.75, 3.05) is 0 Å². The van der Waals surface area contributed by atoms with E-state index in [-0.39, 0.29) is 0 Å². The quantitative estimate of drug-likeness (QED) is 0.682. The van der Waals surface area contributed by atoms with E-state index in [0.29, 0.717) is 5.92 Å². The third-order valence-corrected chi connectivity index (χ3v) is 2.96. The molecule has 0 radical (unpaired) electrons. The Bertz CT molecular complexity index is 476. The van der Waals surface area contributed by atoms with Crippen molar-refractivity contribution in [1.29, 1.82) is 0 Å². The van der Waals surface area contributed by atoms with Gasteiger partial charge in [-0.3, -0.25) is 0 Å². The summed E-state index contributed by atoms with van der Waals surface area (Å²) in [7, 11) is 0. The first-order chi connectivity index (χ1) is 8.40. The van der Waals surface area contributed by atoms with E-state index in [9.17, 15) is 0 Å². The van der Waals surface area contributed by atoms with Crippen LogP contribution in [0, 0.1) is 12.3 Å². The summed E-state index contributed by atoms with van der Waals surface area (Å²) < 4.78 is 0. The van der Waals surface area contributed by atoms with Crippen molar-refractivity contribution >= 4 is 0 Å². The van der Waals surface area contributed by atoms with Crippen LogP contribution in [0.5, 0.6) is 0 Å². The lowest BCUT2D eigenvalue weighted by Crippen LogP contribution is -2.02. The summed E-state index contributed by atoms with van der Waals surface area (Å²) in [5.41, 5.74) is 2.67. The highest BCUT2D eigenvalue weighted by molar-refractivity contribution is 5.25. The first-order valence-corrected chi connectivity index (χ1v) is 5.92. The van der Waals surface area contributed by atoms with E-state index in [0.717, 1.165) is 12.8 Å². The molecule has 17 heavy (non-hydrogen) atoms. The zero-order valence-corrected chi connectivity index (χ0v) is 9.84. The van der Waals surface area contributed by atoms with Crippen LogP contribution in [0.3, 0.4) is 0 Å². The lowest BCUT2D eigenvalue weighted by molar-refractivity contribution is 0.707. The van der Waals surface area contributed by atoms with Crippen LogP contribution in [0.15, 0.2) is 60.7 Å². The van der Waals surface area contributed by atoms with Gasteiger partial charge in [0.15, 0.2) is 0 Å². The maximum atomic E-state index is 5.47. The molecule has 0 heterocycles. The normalized spacial score (nSPS) is 11.7. The summed E-state index contributed by atoms with van der Waals surface area (Å²) in [5.74, 6) is 3.21. The zero-order valence-electron chi connectivity index (χ0n) is 9.84. The highest BCUT2D eigenvalue weighted by atomic mass is 14.1. The first kappa shape index (κ1) is 11.5. The van der Waals surface area contributed by atoms with E-state index >= 15 is 0 Å². The highest BCUT2D eigenvalue weighted by Gasteiger charge is 2.10. The van der Waals surface area contributed by atoms with Crippen molar-refractivity contribution in [3.63, 3.8) is 0 Å². The smallest absolute Gasteiger partial charge is 0.0158 e. The van der Waals surface area contributed by atoms with Gasteiger partial charge in [0, 0.05) is 6.42 Å². The van der Waals surface area contributed by atoms with Gasteiger partial charge < -0.3 is 0 Å². The topological polar surface area (TPSA) is 0 Å². The summed E-state index contributed by atoms with van der Waals surface area (Å²) in [6.07, 6.45) is 7.27. The highest BCUT2D eigenvalue weighted by Crippen LogP contribution is 2.23. The van der Waals surface area contributed by atoms with Crippen LogP contribution in [0.1, 0.15) is 23.5 Å². The molecule has 84 valence electrons. The third-order valence-electron chi connectivity index (χ3n) is 2.96. The average Bonchev–Trinajstić information content (AvgIpc) is 2.40. The van der Waals surface area contributed by atoms with E-state index in [1.54, 1.807) is 0 Å². The van der Waals surface area contributed by atoms with Gasteiger partial charge in [-0.15, -0.1) is 12.3 Å². The predicted octanol–water partition coefficient (Wildman–Crippen LogP) is 4.04. The van der Waals surface area contributed by atoms with E-state index in [1.165, 1.54) is 11.1 Å². The summed E-state index contributed by atoms with van der Waals surface area (Å²) in [6, 6.07) is 21.0. The van der Waals surface area contributed by atoms with E-state index in [1.807, 2.05) is 12.1 Å². The van der Waals surface area contributed by atoms with Crippen molar-refractivity contribution in [2.45, 2.75) is 18.8 Å². The molecule has 0 heteroatoms. The van der Waals surface area contributed by atoms with Crippen molar-refractivity contribution in [2.24, 2.45) is 0 Å². The number of benzene rings is 2. The molecule has 1 unspecified atom stereocenters. The Balaban J connectivity index is 2.17. The van der Waals surface area contributed by atoms with Crippen LogP contribution in [-0.2, 0) is 6.42 Å². The molecule has 0 aliphatic rings. The molecule has 1 atom stereocenters. The fourth-order valence-electron chi connectivity index (χ4n) is 2.07. The monoisotopic (exact) mass is 220 g/mol. The molecule has 0 amide bonds. The van der Waals surface area contributed by atoms with Gasteiger partial charge in [0.2, 0.25) is 0 Å². The molecule has 2 aromatic carbocycles. The second-order valence-electron chi connectivity index (χ2n) is 4.21. The van der Waals surface area contributed by atoms with Crippen LogP contribution in [0.25, 0.3) is 0 Å². The Morgan fingerprint density at radius 2 is 1.47 bits per heavy atom. The number of hydrogen-bond donors (Lipinski definition) is 0. The first-order valence-electron chi connectivity index (χ1n) is 5.92. The van der Waals surface area contributed by atoms with Gasteiger partial charge in [0.05, 0.1) is 0 Å². The third kappa shape index (κ3) is 3.23. The van der Waals surface area contributed by atoms with Crippen molar-refractivity contribution < 1.29 is 0 Å². The molecule has 0 aliphatic heterocycles. The van der Waals surface area contributed by atoms with Gasteiger partial charge in [-0.25, -0.2) is 0 Å². The van der Waals surface area contributed by atoms with Gasteiger partial charge in [-0.05, 0) is 23.5 Å². The maximum Gasteiger partial charge on any atom is 0.0158 e. The van der Waals surface area contributed by atoms with Gasteiger partial charge in [0.1, 0.15) is 0 Å². The fourth-order valence-corrected chi connectivity index (χ4v) is 2.07. The van der Waals surface area contributed by atoms with Gasteiger partial charge >= 0.3 is 0 Å². The van der Waals surface area contributed by atoms with E-state index in [2.05, 4.69) is 54.5 Å². The van der Waals surface area contributed by atoms with Crippen LogP contribution >= 0.6 is 0 Å². The van der Waals surface area contributed by atoms with Crippen LogP contribution < -0.4 is 0 Å². The van der Waals surface area contributed by atoms with Gasteiger partial charge in [0.25, 0.3) is 0 Å². The molecule has 0 aliphatic carbocycles. The largest absolute Gasteiger partial charge is 0.120 e. The second kappa shape index (κ2) is 5.92. The molecule has 0 N–H and O–H groups in total. The van der Waals surface area contributed by atoms with Crippen LogP contribution in [-0.4, -0.2) is 0 Å². The Labute approximate surface area is 103 Å². The minimum atomic E-state index is 0.420. The van der Waals surface area contributed by atoms with Gasteiger partial charge in [-0.1, -0.05) is 60.7 Å². The molecule has 0 spiro atoms. The summed E-state index contributed by atoms with van der Waals surface area (Å²) >= 11 is 0. The number of terminal acetylenes is 1. The maximum absolute atomic E-state index is 5.47. The lowest BCUT2D eigenvalue weighted by Gasteiger charge is -2.14. The van der Waals surface area contributed by atoms with Crippen LogP contribution in [0.4, 0.5) is 0 Å². The molecular formula is C17H16. The minimum absolute atomic E-state index is 0.420. The SMILES string of the molecule is C#CCC(Cc1ccccc1)c1ccccc1. The zero-order chi connectivity index (χ0) is 11.9. The van der Waals surface area contributed by atoms with Crippen molar-refractivity contribution in [1.82, 2.24) is 0 Å². The Hall–Kier alpha value is -2.00. The molecule has 0 aromatic heterocycles. The van der Waals surface area contributed by atoms with Gasteiger partial charge in [-0.2, -0.15) is 0 Å². The minimum Gasteiger partial charge on any atom is -0.120 e. The molecule has 0 saturated heterocycles. The summed E-state index contributed by atoms with van der Waals surface area (Å²) in [4.78, 5) is 0.